The zero-order chi connectivity index (χ0) is 27.4. The van der Waals surface area contributed by atoms with Gasteiger partial charge in [-0.15, -0.1) is 0 Å². The lowest BCUT2D eigenvalue weighted by Gasteiger charge is -2.28. The highest BCUT2D eigenvalue weighted by Crippen LogP contribution is 2.29. The van der Waals surface area contributed by atoms with Crippen LogP contribution in [0.1, 0.15) is 59.2 Å². The predicted octanol–water partition coefficient (Wildman–Crippen LogP) is 4.64. The number of nitrogen functional groups attached to an aromatic ring is 1. The molecule has 0 aliphatic carbocycles. The number of rotatable bonds is 17. The van der Waals surface area contributed by atoms with Gasteiger partial charge in [-0.1, -0.05) is 25.1 Å². The standard InChI is InChI=1S/C27H44N6O4Si/c1-5-14-23-32-24-25(21-15-9-10-16-22(21)31-26(24)28)33(23)19-12-11-17-29-27(34)30-18-13-20-38(35-6-2,36-7-3)37-8-4/h9-10,15-16H,5-8,11-14,17-20H2,1-4H3,(H2,28,31)(H2,29,30,34). The van der Waals surface area contributed by atoms with Crippen molar-refractivity contribution in [2.45, 2.75) is 72.4 Å². The molecule has 0 bridgehead atoms. The summed E-state index contributed by atoms with van der Waals surface area (Å²) < 4.78 is 19.9. The summed E-state index contributed by atoms with van der Waals surface area (Å²) in [5.74, 6) is 1.50. The molecule has 2 aromatic heterocycles. The smallest absolute Gasteiger partial charge is 0.382 e. The van der Waals surface area contributed by atoms with Gasteiger partial charge >= 0.3 is 14.8 Å². The molecule has 1 aromatic carbocycles. The van der Waals surface area contributed by atoms with Crippen molar-refractivity contribution in [3.63, 3.8) is 0 Å². The number of aromatic nitrogens is 3. The molecule has 0 aliphatic rings. The zero-order valence-corrected chi connectivity index (χ0v) is 24.3. The Morgan fingerprint density at radius 2 is 1.61 bits per heavy atom. The fraction of sp³-hybridized carbons (Fsp3) is 0.593. The van der Waals surface area contributed by atoms with E-state index >= 15 is 0 Å². The molecule has 11 heteroatoms. The number of amides is 2. The van der Waals surface area contributed by atoms with E-state index in [-0.39, 0.29) is 6.03 Å². The number of imidazole rings is 1. The van der Waals surface area contributed by atoms with Crippen molar-refractivity contribution in [1.82, 2.24) is 25.2 Å². The Balaban J connectivity index is 1.49. The monoisotopic (exact) mass is 544 g/mol. The Hall–Kier alpha value is -2.73. The van der Waals surface area contributed by atoms with E-state index in [1.54, 1.807) is 0 Å². The number of hydrogen-bond donors (Lipinski definition) is 3. The number of unbranched alkanes of at least 4 members (excludes halogenated alkanes) is 1. The number of pyridine rings is 1. The molecular weight excluding hydrogens is 500 g/mol. The summed E-state index contributed by atoms with van der Waals surface area (Å²) in [6.07, 6.45) is 4.37. The Labute approximate surface area is 227 Å². The molecule has 0 atom stereocenters. The van der Waals surface area contributed by atoms with Gasteiger partial charge in [0.05, 0.1) is 11.0 Å². The van der Waals surface area contributed by atoms with E-state index in [9.17, 15) is 4.79 Å². The minimum absolute atomic E-state index is 0.161. The first-order valence-electron chi connectivity index (χ1n) is 13.9. The number of nitrogens with zero attached hydrogens (tertiary/aromatic N) is 3. The van der Waals surface area contributed by atoms with E-state index in [2.05, 4.69) is 33.2 Å². The molecule has 0 unspecified atom stereocenters. The summed E-state index contributed by atoms with van der Waals surface area (Å²) in [5, 5.41) is 6.96. The van der Waals surface area contributed by atoms with Gasteiger partial charge in [-0.2, -0.15) is 0 Å². The lowest BCUT2D eigenvalue weighted by Crippen LogP contribution is -2.46. The third kappa shape index (κ3) is 7.65. The molecular formula is C27H44N6O4Si. The van der Waals surface area contributed by atoms with Gasteiger partial charge in [-0.25, -0.2) is 14.8 Å². The number of fused-ring (bicyclic) bond motifs is 3. The molecule has 0 saturated carbocycles. The van der Waals surface area contributed by atoms with Crippen LogP contribution in [0.15, 0.2) is 24.3 Å². The highest BCUT2D eigenvalue weighted by atomic mass is 28.4. The molecule has 0 aliphatic heterocycles. The fourth-order valence-corrected chi connectivity index (χ4v) is 7.34. The van der Waals surface area contributed by atoms with Crippen LogP contribution in [0, 0.1) is 0 Å². The normalized spacial score (nSPS) is 11.9. The molecule has 38 heavy (non-hydrogen) atoms. The molecule has 0 spiro atoms. The zero-order valence-electron chi connectivity index (χ0n) is 23.3. The van der Waals surface area contributed by atoms with Crippen LogP contribution in [0.3, 0.4) is 0 Å². The number of anilines is 1. The van der Waals surface area contributed by atoms with Crippen molar-refractivity contribution >= 4 is 42.6 Å². The van der Waals surface area contributed by atoms with Crippen LogP contribution in [0.5, 0.6) is 0 Å². The van der Waals surface area contributed by atoms with Gasteiger partial charge in [0.2, 0.25) is 0 Å². The van der Waals surface area contributed by atoms with Crippen LogP contribution in [-0.4, -0.2) is 62.3 Å². The van der Waals surface area contributed by atoms with Crippen molar-refractivity contribution in [1.29, 1.82) is 0 Å². The molecule has 2 amide bonds. The van der Waals surface area contributed by atoms with Crippen LogP contribution < -0.4 is 16.4 Å². The quantitative estimate of drug-likeness (QED) is 0.167. The average molecular weight is 545 g/mol. The Bertz CT molecular complexity index is 1150. The maximum Gasteiger partial charge on any atom is 0.500 e. The number of carbonyl (C=O) groups excluding carboxylic acids is 1. The summed E-state index contributed by atoms with van der Waals surface area (Å²) in [6, 6.07) is 8.57. The van der Waals surface area contributed by atoms with Crippen molar-refractivity contribution < 1.29 is 18.1 Å². The minimum atomic E-state index is -2.67. The number of nitrogens with one attached hydrogen (secondary N) is 2. The molecule has 0 saturated heterocycles. The molecule has 210 valence electrons. The largest absolute Gasteiger partial charge is 0.500 e. The van der Waals surface area contributed by atoms with Crippen LogP contribution in [0.2, 0.25) is 6.04 Å². The maximum atomic E-state index is 12.3. The summed E-state index contributed by atoms with van der Waals surface area (Å²) in [5.41, 5.74) is 8.97. The molecule has 3 rings (SSSR count). The van der Waals surface area contributed by atoms with Gasteiger partial charge in [-0.3, -0.25) is 0 Å². The molecule has 10 nitrogen and oxygen atoms in total. The van der Waals surface area contributed by atoms with Gasteiger partial charge in [0.1, 0.15) is 11.3 Å². The average Bonchev–Trinajstić information content (AvgIpc) is 3.26. The topological polar surface area (TPSA) is 126 Å². The molecule has 0 fully saturated rings. The lowest BCUT2D eigenvalue weighted by molar-refractivity contribution is 0.0708. The van der Waals surface area contributed by atoms with E-state index in [0.717, 1.165) is 66.4 Å². The van der Waals surface area contributed by atoms with E-state index in [0.29, 0.717) is 44.8 Å². The second kappa shape index (κ2) is 15.0. The van der Waals surface area contributed by atoms with Crippen LogP contribution >= 0.6 is 0 Å². The Morgan fingerprint density at radius 1 is 0.947 bits per heavy atom. The summed E-state index contributed by atoms with van der Waals surface area (Å²) in [4.78, 5) is 21.7. The van der Waals surface area contributed by atoms with Crippen molar-refractivity contribution in [3.8, 4) is 0 Å². The number of benzene rings is 1. The molecule has 3 aromatic rings. The van der Waals surface area contributed by atoms with Crippen LogP contribution in [0.4, 0.5) is 10.6 Å². The highest BCUT2D eigenvalue weighted by Gasteiger charge is 2.39. The van der Waals surface area contributed by atoms with Crippen LogP contribution in [-0.2, 0) is 26.2 Å². The maximum absolute atomic E-state index is 12.3. The Kier molecular flexibility index (Phi) is 11.8. The third-order valence-corrected chi connectivity index (χ3v) is 9.45. The number of urea groups is 1. The Morgan fingerprint density at radius 3 is 2.26 bits per heavy atom. The number of para-hydroxylation sites is 1. The van der Waals surface area contributed by atoms with Crippen molar-refractivity contribution in [3.05, 3.63) is 30.1 Å². The van der Waals surface area contributed by atoms with Crippen LogP contribution in [0.25, 0.3) is 21.9 Å². The predicted molar refractivity (Wildman–Crippen MR) is 154 cm³/mol. The van der Waals surface area contributed by atoms with E-state index in [4.69, 9.17) is 24.0 Å². The molecule has 0 radical (unpaired) electrons. The van der Waals surface area contributed by atoms with Gasteiger partial charge in [0.25, 0.3) is 0 Å². The first-order valence-corrected chi connectivity index (χ1v) is 15.9. The summed E-state index contributed by atoms with van der Waals surface area (Å²) >= 11 is 0. The second-order valence-electron chi connectivity index (χ2n) is 9.12. The number of nitrogens with two attached hydrogens (primary N) is 1. The summed E-state index contributed by atoms with van der Waals surface area (Å²) in [6.45, 7) is 11.6. The van der Waals surface area contributed by atoms with Gasteiger partial charge < -0.3 is 34.2 Å². The summed E-state index contributed by atoms with van der Waals surface area (Å²) in [7, 11) is -2.67. The first kappa shape index (κ1) is 29.8. The number of carbonyl (C=O) groups is 1. The van der Waals surface area contributed by atoms with E-state index < -0.39 is 8.80 Å². The lowest BCUT2D eigenvalue weighted by atomic mass is 10.2. The fourth-order valence-electron chi connectivity index (χ4n) is 4.73. The first-order chi connectivity index (χ1) is 18.5. The van der Waals surface area contributed by atoms with Crippen molar-refractivity contribution in [2.75, 3.05) is 38.6 Å². The van der Waals surface area contributed by atoms with Gasteiger partial charge in [0, 0.05) is 57.3 Å². The van der Waals surface area contributed by atoms with E-state index in [1.165, 1.54) is 0 Å². The van der Waals surface area contributed by atoms with Crippen molar-refractivity contribution in [2.24, 2.45) is 0 Å². The van der Waals surface area contributed by atoms with E-state index in [1.807, 2.05) is 39.0 Å². The van der Waals surface area contributed by atoms with Gasteiger partial charge in [-0.05, 0) is 52.5 Å². The third-order valence-electron chi connectivity index (χ3n) is 6.30. The molecule has 4 N–H and O–H groups in total. The highest BCUT2D eigenvalue weighted by molar-refractivity contribution is 6.60. The second-order valence-corrected chi connectivity index (χ2v) is 11.8. The molecule has 2 heterocycles. The van der Waals surface area contributed by atoms with Gasteiger partial charge in [0.15, 0.2) is 5.82 Å². The minimum Gasteiger partial charge on any atom is -0.382 e. The SMILES string of the molecule is CCCc1nc2c(N)nc3ccccc3c2n1CCCCNC(=O)NCCC[Si](OCC)(OCC)OCC. The number of hydrogen-bond acceptors (Lipinski definition) is 7. The number of aryl methyl sites for hydroxylation is 2.